The first-order valence-corrected chi connectivity index (χ1v) is 20.0. The van der Waals surface area contributed by atoms with Crippen molar-refractivity contribution < 1.29 is 19.1 Å². The van der Waals surface area contributed by atoms with Crippen LogP contribution in [0.4, 0.5) is 4.79 Å². The summed E-state index contributed by atoms with van der Waals surface area (Å²) in [6.45, 7) is 7.97. The van der Waals surface area contributed by atoms with Crippen molar-refractivity contribution in [3.63, 3.8) is 0 Å². The number of ether oxygens (including phenoxy) is 1. The number of carbonyl (C=O) groups is 3. The van der Waals surface area contributed by atoms with Gasteiger partial charge in [0.2, 0.25) is 11.8 Å². The minimum atomic E-state index is -0.733. The fourth-order valence-corrected chi connectivity index (χ4v) is 9.47. The summed E-state index contributed by atoms with van der Waals surface area (Å²) < 4.78 is 7.50. The molecule has 2 saturated heterocycles. The predicted molar refractivity (Wildman–Crippen MR) is 207 cm³/mol. The Hall–Kier alpha value is -2.95. The molecule has 51 heavy (non-hydrogen) atoms. The Balaban J connectivity index is 1.05. The second-order valence-electron chi connectivity index (χ2n) is 15.2. The highest BCUT2D eigenvalue weighted by Crippen LogP contribution is 2.46. The van der Waals surface area contributed by atoms with Crippen LogP contribution in [0.2, 0.25) is 5.02 Å². The average Bonchev–Trinajstić information content (AvgIpc) is 3.24. The molecule has 3 amide bonds. The number of aromatic nitrogens is 1. The second kappa shape index (κ2) is 16.4. The Bertz CT molecular complexity index is 1730. The van der Waals surface area contributed by atoms with Crippen molar-refractivity contribution in [2.45, 2.75) is 89.7 Å². The van der Waals surface area contributed by atoms with Crippen molar-refractivity contribution in [1.29, 1.82) is 0 Å². The number of fused-ring (bicyclic) bond motifs is 2. The summed E-state index contributed by atoms with van der Waals surface area (Å²) in [5.41, 5.74) is 5.25. The Morgan fingerprint density at radius 3 is 2.29 bits per heavy atom. The van der Waals surface area contributed by atoms with Crippen LogP contribution in [0.15, 0.2) is 63.7 Å². The molecule has 2 atom stereocenters. The molecule has 1 aliphatic carbocycles. The normalized spacial score (nSPS) is 19.1. The van der Waals surface area contributed by atoms with E-state index in [0.717, 1.165) is 76.8 Å². The molecule has 1 N–H and O–H groups in total. The van der Waals surface area contributed by atoms with Crippen LogP contribution in [0.1, 0.15) is 86.7 Å². The van der Waals surface area contributed by atoms with E-state index in [-0.39, 0.29) is 23.7 Å². The van der Waals surface area contributed by atoms with Crippen LogP contribution in [0.25, 0.3) is 0 Å². The highest BCUT2D eigenvalue weighted by Gasteiger charge is 2.37. The summed E-state index contributed by atoms with van der Waals surface area (Å²) in [5, 5.41) is 3.56. The van der Waals surface area contributed by atoms with Crippen molar-refractivity contribution in [2.24, 2.45) is 11.8 Å². The lowest BCUT2D eigenvalue weighted by atomic mass is 9.76. The van der Waals surface area contributed by atoms with Gasteiger partial charge >= 0.3 is 6.09 Å². The minimum absolute atomic E-state index is 0.117. The molecule has 6 rings (SSSR count). The summed E-state index contributed by atoms with van der Waals surface area (Å²) in [5.74, 6) is 0.780. The van der Waals surface area contributed by atoms with Gasteiger partial charge in [-0.3, -0.25) is 14.6 Å². The molecule has 1 aromatic heterocycles. The summed E-state index contributed by atoms with van der Waals surface area (Å²) in [6, 6.07) is 15.3. The molecule has 0 spiro atoms. The van der Waals surface area contributed by atoms with E-state index < -0.39 is 17.7 Å². The zero-order valence-electron chi connectivity index (χ0n) is 29.6. The third kappa shape index (κ3) is 9.54. The fraction of sp³-hybridized carbons (Fsp3) is 0.500. The number of likely N-dealkylation sites (tertiary alicyclic amines) is 2. The van der Waals surface area contributed by atoms with E-state index in [4.69, 9.17) is 21.3 Å². The van der Waals surface area contributed by atoms with E-state index in [9.17, 15) is 14.4 Å². The molecule has 0 bridgehead atoms. The number of benzene rings is 2. The van der Waals surface area contributed by atoms with Gasteiger partial charge in [-0.05, 0) is 128 Å². The lowest BCUT2D eigenvalue weighted by Gasteiger charge is -2.38. The van der Waals surface area contributed by atoms with Gasteiger partial charge in [0.05, 0.1) is 5.69 Å². The van der Waals surface area contributed by atoms with Crippen LogP contribution < -0.4 is 5.32 Å². The number of rotatable bonds is 7. The molecule has 3 aromatic rings. The molecule has 3 aliphatic rings. The van der Waals surface area contributed by atoms with Crippen LogP contribution in [0.3, 0.4) is 0 Å². The van der Waals surface area contributed by atoms with E-state index in [0.29, 0.717) is 31.8 Å². The topological polar surface area (TPSA) is 91.8 Å². The number of carbonyl (C=O) groups excluding carboxylic acids is 3. The molecule has 11 heteroatoms. The Morgan fingerprint density at radius 2 is 1.61 bits per heavy atom. The van der Waals surface area contributed by atoms with Crippen molar-refractivity contribution >= 4 is 61.4 Å². The lowest BCUT2D eigenvalue weighted by Crippen LogP contribution is -2.52. The van der Waals surface area contributed by atoms with Crippen LogP contribution in [-0.2, 0) is 33.6 Å². The van der Waals surface area contributed by atoms with Crippen molar-refractivity contribution in [2.75, 3.05) is 26.2 Å². The molecule has 0 unspecified atom stereocenters. The minimum Gasteiger partial charge on any atom is -0.444 e. The Labute approximate surface area is 323 Å². The van der Waals surface area contributed by atoms with Gasteiger partial charge < -0.3 is 19.9 Å². The maximum absolute atomic E-state index is 13.7. The van der Waals surface area contributed by atoms with Gasteiger partial charge in [0, 0.05) is 65.1 Å². The van der Waals surface area contributed by atoms with E-state index in [1.807, 2.05) is 52.4 Å². The number of nitrogens with one attached hydrogen (secondary N) is 1. The molecule has 8 nitrogen and oxygen atoms in total. The Kier molecular flexibility index (Phi) is 12.1. The number of nitrogens with zero attached hydrogens (tertiary/aromatic N) is 3. The SMILES string of the molecule is CC(C)(C)OC(=O)N[C@@H](Cc1ccccc1)C(=O)N1CCC(CC(=O)N2CCC([C@H]3c4ncc(Br)cc4CCc4cc(Cl)cc(Br)c43)CC2)CC1. The van der Waals surface area contributed by atoms with Crippen LogP contribution in [0, 0.1) is 11.8 Å². The first-order valence-electron chi connectivity index (χ1n) is 18.1. The summed E-state index contributed by atoms with van der Waals surface area (Å²) in [6.07, 6.45) is 7.31. The smallest absolute Gasteiger partial charge is 0.408 e. The average molecular weight is 843 g/mol. The van der Waals surface area contributed by atoms with Gasteiger partial charge in [-0.2, -0.15) is 0 Å². The molecular formula is C40H47Br2ClN4O4. The van der Waals surface area contributed by atoms with Gasteiger partial charge in [0.1, 0.15) is 11.6 Å². The van der Waals surface area contributed by atoms with E-state index in [1.165, 1.54) is 16.7 Å². The van der Waals surface area contributed by atoms with E-state index in [1.54, 1.807) is 20.8 Å². The number of alkyl carbamates (subject to hydrolysis) is 1. The predicted octanol–water partition coefficient (Wildman–Crippen LogP) is 8.49. The second-order valence-corrected chi connectivity index (χ2v) is 17.4. The molecule has 0 saturated carbocycles. The zero-order chi connectivity index (χ0) is 36.3. The van der Waals surface area contributed by atoms with Gasteiger partial charge in [0.25, 0.3) is 0 Å². The van der Waals surface area contributed by atoms with Crippen molar-refractivity contribution in [3.05, 3.63) is 96.6 Å². The number of halogens is 3. The summed E-state index contributed by atoms with van der Waals surface area (Å²) in [7, 11) is 0. The quantitative estimate of drug-likeness (QED) is 0.258. The maximum atomic E-state index is 13.7. The van der Waals surface area contributed by atoms with E-state index in [2.05, 4.69) is 49.3 Å². The standard InChI is InChI=1S/C40H47Br2ClN4O4/c1-40(2,3)51-39(50)45-33(19-25-7-5-4-6-8-25)38(49)47-15-11-26(12-16-47)20-34(48)46-17-13-27(14-18-46)36-35-28(22-31(43)23-32(35)42)9-10-29-21-30(41)24-44-37(29)36/h4-8,21-24,26-27,33,36H,9-20H2,1-3H3,(H,45,50)/t33-,36+/m0/s1. The number of pyridine rings is 1. The third-order valence-corrected chi connectivity index (χ3v) is 11.8. The molecule has 272 valence electrons. The van der Waals surface area contributed by atoms with Crippen molar-refractivity contribution in [1.82, 2.24) is 20.1 Å². The highest BCUT2D eigenvalue weighted by molar-refractivity contribution is 9.10. The number of piperidine rings is 2. The summed E-state index contributed by atoms with van der Waals surface area (Å²) >= 11 is 14.0. The number of amides is 3. The first kappa shape index (κ1) is 37.8. The molecule has 3 heterocycles. The Morgan fingerprint density at radius 1 is 0.941 bits per heavy atom. The third-order valence-electron chi connectivity index (χ3n) is 10.4. The zero-order valence-corrected chi connectivity index (χ0v) is 33.5. The number of aryl methyl sites for hydroxylation is 2. The summed E-state index contributed by atoms with van der Waals surface area (Å²) in [4.78, 5) is 48.9. The van der Waals surface area contributed by atoms with Gasteiger partial charge in [-0.15, -0.1) is 0 Å². The van der Waals surface area contributed by atoms with E-state index >= 15 is 0 Å². The van der Waals surface area contributed by atoms with Crippen LogP contribution in [-0.4, -0.2) is 70.5 Å². The number of hydrogen-bond donors (Lipinski definition) is 1. The fourth-order valence-electron chi connectivity index (χ4n) is 7.97. The van der Waals surface area contributed by atoms with Crippen molar-refractivity contribution in [3.8, 4) is 0 Å². The van der Waals surface area contributed by atoms with Gasteiger partial charge in [-0.25, -0.2) is 4.79 Å². The molecule has 2 fully saturated rings. The molecular weight excluding hydrogens is 796 g/mol. The van der Waals surface area contributed by atoms with Gasteiger partial charge in [0.15, 0.2) is 0 Å². The first-order chi connectivity index (χ1) is 24.3. The largest absolute Gasteiger partial charge is 0.444 e. The molecule has 2 aromatic carbocycles. The maximum Gasteiger partial charge on any atom is 0.408 e. The molecule has 2 aliphatic heterocycles. The lowest BCUT2D eigenvalue weighted by molar-refractivity contribution is -0.136. The van der Waals surface area contributed by atoms with Crippen LogP contribution >= 0.6 is 43.5 Å². The monoisotopic (exact) mass is 840 g/mol. The van der Waals surface area contributed by atoms with Gasteiger partial charge in [-0.1, -0.05) is 57.9 Å². The van der Waals surface area contributed by atoms with Crippen LogP contribution in [0.5, 0.6) is 0 Å². The molecule has 0 radical (unpaired) electrons. The number of hydrogen-bond acceptors (Lipinski definition) is 5. The highest BCUT2D eigenvalue weighted by atomic mass is 79.9.